The van der Waals surface area contributed by atoms with E-state index < -0.39 is 0 Å². The van der Waals surface area contributed by atoms with Gasteiger partial charge in [0.15, 0.2) is 5.78 Å². The van der Waals surface area contributed by atoms with Crippen LogP contribution >= 0.6 is 0 Å². The van der Waals surface area contributed by atoms with Crippen LogP contribution in [0.25, 0.3) is 0 Å². The summed E-state index contributed by atoms with van der Waals surface area (Å²) in [4.78, 5) is 10.8. The lowest BCUT2D eigenvalue weighted by atomic mass is 9.94. The molecule has 0 aromatic rings. The molecule has 0 aromatic heterocycles. The molecule has 2 aliphatic rings. The lowest BCUT2D eigenvalue weighted by Gasteiger charge is -2.11. The van der Waals surface area contributed by atoms with Crippen molar-refractivity contribution in [2.75, 3.05) is 0 Å². The summed E-state index contributed by atoms with van der Waals surface area (Å²) in [6, 6.07) is 0. The third-order valence-electron chi connectivity index (χ3n) is 2.98. The van der Waals surface area contributed by atoms with E-state index >= 15 is 0 Å². The lowest BCUT2D eigenvalue weighted by molar-refractivity contribution is -0.112. The summed E-state index contributed by atoms with van der Waals surface area (Å²) >= 11 is 0. The highest BCUT2D eigenvalue weighted by Gasteiger charge is 2.35. The summed E-state index contributed by atoms with van der Waals surface area (Å²) < 4.78 is 0. The fourth-order valence-corrected chi connectivity index (χ4v) is 2.53. The molecule has 2 saturated carbocycles. The SMILES string of the molecule is CC(=O)C=C1CC2CCC1C2. The molecule has 1 heteroatoms. The first-order valence-electron chi connectivity index (χ1n) is 4.46. The molecular formula is C10H14O. The van der Waals surface area contributed by atoms with Gasteiger partial charge in [0.1, 0.15) is 0 Å². The van der Waals surface area contributed by atoms with E-state index in [1.807, 2.05) is 6.08 Å². The fourth-order valence-electron chi connectivity index (χ4n) is 2.53. The molecule has 0 saturated heterocycles. The largest absolute Gasteiger partial charge is 0.295 e. The minimum Gasteiger partial charge on any atom is -0.295 e. The number of allylic oxidation sites excluding steroid dienone is 2. The van der Waals surface area contributed by atoms with Crippen molar-refractivity contribution in [2.24, 2.45) is 11.8 Å². The fraction of sp³-hybridized carbons (Fsp3) is 0.700. The van der Waals surface area contributed by atoms with Crippen molar-refractivity contribution >= 4 is 5.78 Å². The van der Waals surface area contributed by atoms with Gasteiger partial charge in [0.25, 0.3) is 0 Å². The van der Waals surface area contributed by atoms with Gasteiger partial charge in [-0.2, -0.15) is 0 Å². The van der Waals surface area contributed by atoms with Crippen LogP contribution in [-0.4, -0.2) is 5.78 Å². The van der Waals surface area contributed by atoms with E-state index in [9.17, 15) is 4.79 Å². The van der Waals surface area contributed by atoms with Crippen molar-refractivity contribution in [1.82, 2.24) is 0 Å². The van der Waals surface area contributed by atoms with E-state index in [0.717, 1.165) is 11.8 Å². The highest BCUT2D eigenvalue weighted by atomic mass is 16.1. The van der Waals surface area contributed by atoms with Gasteiger partial charge < -0.3 is 0 Å². The zero-order chi connectivity index (χ0) is 7.84. The minimum atomic E-state index is 0.229. The van der Waals surface area contributed by atoms with Crippen LogP contribution in [0.15, 0.2) is 11.6 Å². The maximum absolute atomic E-state index is 10.8. The molecule has 2 aliphatic carbocycles. The van der Waals surface area contributed by atoms with Gasteiger partial charge in [-0.25, -0.2) is 0 Å². The standard InChI is InChI=1S/C10H14O/c1-7(11)4-10-6-8-2-3-9(10)5-8/h4,8-9H,2-3,5-6H2,1H3. The molecule has 0 aromatic carbocycles. The van der Waals surface area contributed by atoms with Crippen molar-refractivity contribution in [3.05, 3.63) is 11.6 Å². The summed E-state index contributed by atoms with van der Waals surface area (Å²) in [7, 11) is 0. The van der Waals surface area contributed by atoms with Crippen LogP contribution in [0.1, 0.15) is 32.6 Å². The number of carbonyl (C=O) groups excluding carboxylic acids is 1. The predicted octanol–water partition coefficient (Wildman–Crippen LogP) is 2.32. The summed E-state index contributed by atoms with van der Waals surface area (Å²) in [5.74, 6) is 1.93. The van der Waals surface area contributed by atoms with E-state index in [1.54, 1.807) is 6.92 Å². The van der Waals surface area contributed by atoms with Gasteiger partial charge in [0, 0.05) is 0 Å². The Labute approximate surface area is 67.5 Å². The molecule has 2 rings (SSSR count). The van der Waals surface area contributed by atoms with Crippen LogP contribution in [-0.2, 0) is 4.79 Å². The molecule has 0 heterocycles. The van der Waals surface area contributed by atoms with Gasteiger partial charge in [-0.1, -0.05) is 5.57 Å². The zero-order valence-electron chi connectivity index (χ0n) is 6.97. The average Bonchev–Trinajstić information content (AvgIpc) is 2.45. The first-order chi connectivity index (χ1) is 5.25. The van der Waals surface area contributed by atoms with Crippen LogP contribution < -0.4 is 0 Å². The molecule has 0 spiro atoms. The highest BCUT2D eigenvalue weighted by molar-refractivity contribution is 5.88. The summed E-state index contributed by atoms with van der Waals surface area (Å²) in [6.45, 7) is 1.65. The van der Waals surface area contributed by atoms with Gasteiger partial charge in [-0.05, 0) is 50.5 Å². The summed E-state index contributed by atoms with van der Waals surface area (Å²) in [6.07, 6.45) is 7.18. The molecule has 1 nitrogen and oxygen atoms in total. The summed E-state index contributed by atoms with van der Waals surface area (Å²) in [5.41, 5.74) is 1.44. The second-order valence-electron chi connectivity index (χ2n) is 3.91. The molecule has 0 aliphatic heterocycles. The number of hydrogen-bond acceptors (Lipinski definition) is 1. The van der Waals surface area contributed by atoms with Gasteiger partial charge in [0.05, 0.1) is 0 Å². The first kappa shape index (κ1) is 7.08. The molecule has 60 valence electrons. The Morgan fingerprint density at radius 2 is 2.36 bits per heavy atom. The van der Waals surface area contributed by atoms with Crippen molar-refractivity contribution in [2.45, 2.75) is 32.6 Å². The molecule has 2 fully saturated rings. The van der Waals surface area contributed by atoms with Crippen molar-refractivity contribution < 1.29 is 4.79 Å². The Kier molecular flexibility index (Phi) is 1.59. The molecule has 11 heavy (non-hydrogen) atoms. The summed E-state index contributed by atoms with van der Waals surface area (Å²) in [5, 5.41) is 0. The Balaban J connectivity index is 2.13. The van der Waals surface area contributed by atoms with E-state index in [2.05, 4.69) is 0 Å². The van der Waals surface area contributed by atoms with E-state index in [-0.39, 0.29) is 5.78 Å². The smallest absolute Gasteiger partial charge is 0.152 e. The molecule has 2 bridgehead atoms. The molecule has 2 unspecified atom stereocenters. The number of rotatable bonds is 1. The number of hydrogen-bond donors (Lipinski definition) is 0. The van der Waals surface area contributed by atoms with Crippen molar-refractivity contribution in [1.29, 1.82) is 0 Å². The zero-order valence-corrected chi connectivity index (χ0v) is 6.97. The van der Waals surface area contributed by atoms with E-state index in [1.165, 1.54) is 31.3 Å². The molecule has 0 N–H and O–H groups in total. The van der Waals surface area contributed by atoms with Gasteiger partial charge in [-0.15, -0.1) is 0 Å². The number of ketones is 1. The Morgan fingerprint density at radius 3 is 2.82 bits per heavy atom. The molecule has 2 atom stereocenters. The van der Waals surface area contributed by atoms with Gasteiger partial charge in [-0.3, -0.25) is 4.79 Å². The number of carbonyl (C=O) groups is 1. The van der Waals surface area contributed by atoms with Crippen LogP contribution in [0, 0.1) is 11.8 Å². The van der Waals surface area contributed by atoms with Crippen LogP contribution in [0.5, 0.6) is 0 Å². The maximum atomic E-state index is 10.8. The van der Waals surface area contributed by atoms with Crippen LogP contribution in [0.2, 0.25) is 0 Å². The Hall–Kier alpha value is -0.590. The third kappa shape index (κ3) is 1.24. The average molecular weight is 150 g/mol. The van der Waals surface area contributed by atoms with E-state index in [4.69, 9.17) is 0 Å². The monoisotopic (exact) mass is 150 g/mol. The molecule has 0 radical (unpaired) electrons. The van der Waals surface area contributed by atoms with E-state index in [0.29, 0.717) is 0 Å². The topological polar surface area (TPSA) is 17.1 Å². The second-order valence-corrected chi connectivity index (χ2v) is 3.91. The first-order valence-corrected chi connectivity index (χ1v) is 4.46. The highest BCUT2D eigenvalue weighted by Crippen LogP contribution is 2.47. The Bertz CT molecular complexity index is 215. The van der Waals surface area contributed by atoms with Gasteiger partial charge >= 0.3 is 0 Å². The predicted molar refractivity (Wildman–Crippen MR) is 44.2 cm³/mol. The van der Waals surface area contributed by atoms with Crippen molar-refractivity contribution in [3.63, 3.8) is 0 Å². The minimum absolute atomic E-state index is 0.229. The van der Waals surface area contributed by atoms with Crippen LogP contribution in [0.3, 0.4) is 0 Å². The van der Waals surface area contributed by atoms with Crippen molar-refractivity contribution in [3.8, 4) is 0 Å². The van der Waals surface area contributed by atoms with Gasteiger partial charge in [0.2, 0.25) is 0 Å². The normalized spacial score (nSPS) is 38.5. The molecular weight excluding hydrogens is 136 g/mol. The quantitative estimate of drug-likeness (QED) is 0.524. The van der Waals surface area contributed by atoms with Crippen LogP contribution in [0.4, 0.5) is 0 Å². The second kappa shape index (κ2) is 2.47. The maximum Gasteiger partial charge on any atom is 0.152 e. The lowest BCUT2D eigenvalue weighted by Crippen LogP contribution is -1.99. The Morgan fingerprint density at radius 1 is 1.55 bits per heavy atom. The number of fused-ring (bicyclic) bond motifs is 2. The third-order valence-corrected chi connectivity index (χ3v) is 2.98. The molecule has 0 amide bonds.